The van der Waals surface area contributed by atoms with E-state index < -0.39 is 5.60 Å². The molecule has 0 aliphatic carbocycles. The Morgan fingerprint density at radius 3 is 2.43 bits per heavy atom. The van der Waals surface area contributed by atoms with Crippen LogP contribution in [-0.2, 0) is 4.74 Å². The second-order valence-corrected chi connectivity index (χ2v) is 8.19. The number of carbonyl (C=O) groups excluding carboxylic acids is 2. The zero-order chi connectivity index (χ0) is 20.1. The van der Waals surface area contributed by atoms with Gasteiger partial charge in [0.2, 0.25) is 0 Å². The molecule has 0 bridgehead atoms. The van der Waals surface area contributed by atoms with Crippen molar-refractivity contribution >= 4 is 18.1 Å². The third-order valence-electron chi connectivity index (χ3n) is 4.77. The van der Waals surface area contributed by atoms with Crippen molar-refractivity contribution in [2.45, 2.75) is 39.2 Å². The average molecular weight is 384 g/mol. The van der Waals surface area contributed by atoms with Gasteiger partial charge >= 0.3 is 6.09 Å². The third kappa shape index (κ3) is 5.38. The standard InChI is InChI=1S/C22H28N2O4/c1-22(2,3)28-21(26)24-12-10-16(11-13-24)14-23-18-6-4-17(5-7-18)20-9-8-19(15-25)27-20/h4-9,15-16,23H,10-14H2,1-3H3. The lowest BCUT2D eigenvalue weighted by atomic mass is 9.97. The average Bonchev–Trinajstić information content (AvgIpc) is 3.15. The van der Waals surface area contributed by atoms with Crippen LogP contribution in [0, 0.1) is 5.92 Å². The monoisotopic (exact) mass is 384 g/mol. The van der Waals surface area contributed by atoms with E-state index in [9.17, 15) is 9.59 Å². The van der Waals surface area contributed by atoms with Gasteiger partial charge in [0.25, 0.3) is 0 Å². The predicted molar refractivity (Wildman–Crippen MR) is 109 cm³/mol. The Hall–Kier alpha value is -2.76. The summed E-state index contributed by atoms with van der Waals surface area (Å²) in [5.74, 6) is 1.54. The Bertz CT molecular complexity index is 797. The van der Waals surface area contributed by atoms with Crippen molar-refractivity contribution in [2.75, 3.05) is 25.0 Å². The Balaban J connectivity index is 1.45. The van der Waals surface area contributed by atoms with Crippen molar-refractivity contribution in [3.05, 3.63) is 42.2 Å². The number of likely N-dealkylation sites (tertiary alicyclic amines) is 1. The number of benzene rings is 1. The summed E-state index contributed by atoms with van der Waals surface area (Å²) >= 11 is 0. The number of hydrogen-bond acceptors (Lipinski definition) is 5. The molecule has 6 nitrogen and oxygen atoms in total. The second kappa shape index (κ2) is 8.50. The molecule has 1 amide bonds. The summed E-state index contributed by atoms with van der Waals surface area (Å²) in [6, 6.07) is 11.4. The van der Waals surface area contributed by atoms with Crippen LogP contribution in [0.2, 0.25) is 0 Å². The molecule has 0 radical (unpaired) electrons. The summed E-state index contributed by atoms with van der Waals surface area (Å²) in [5, 5.41) is 3.47. The largest absolute Gasteiger partial charge is 0.453 e. The van der Waals surface area contributed by atoms with E-state index in [-0.39, 0.29) is 6.09 Å². The lowest BCUT2D eigenvalue weighted by Gasteiger charge is -2.33. The second-order valence-electron chi connectivity index (χ2n) is 8.19. The van der Waals surface area contributed by atoms with Crippen molar-refractivity contribution in [1.29, 1.82) is 0 Å². The minimum Gasteiger partial charge on any atom is -0.453 e. The molecule has 0 saturated carbocycles. The summed E-state index contributed by atoms with van der Waals surface area (Å²) < 4.78 is 10.9. The van der Waals surface area contributed by atoms with Crippen LogP contribution in [0.15, 0.2) is 40.8 Å². The Kier molecular flexibility index (Phi) is 6.07. The molecule has 1 fully saturated rings. The molecule has 1 aliphatic rings. The molecule has 28 heavy (non-hydrogen) atoms. The van der Waals surface area contributed by atoms with Crippen LogP contribution in [0.3, 0.4) is 0 Å². The summed E-state index contributed by atoms with van der Waals surface area (Å²) in [4.78, 5) is 24.7. The quantitative estimate of drug-likeness (QED) is 0.749. The highest BCUT2D eigenvalue weighted by Gasteiger charge is 2.26. The smallest absolute Gasteiger partial charge is 0.410 e. The SMILES string of the molecule is CC(C)(C)OC(=O)N1CCC(CNc2ccc(-c3ccc(C=O)o3)cc2)CC1. The zero-order valence-corrected chi connectivity index (χ0v) is 16.7. The number of rotatable bonds is 5. The normalized spacial score (nSPS) is 15.3. The molecular formula is C22H28N2O4. The molecule has 2 heterocycles. The number of carbonyl (C=O) groups is 2. The molecule has 2 aromatic rings. The first kappa shape index (κ1) is 20.0. The van der Waals surface area contributed by atoms with E-state index >= 15 is 0 Å². The van der Waals surface area contributed by atoms with Crippen molar-refractivity contribution < 1.29 is 18.7 Å². The minimum atomic E-state index is -0.452. The van der Waals surface area contributed by atoms with E-state index in [0.29, 0.717) is 23.7 Å². The van der Waals surface area contributed by atoms with Crippen LogP contribution in [0.25, 0.3) is 11.3 Å². The van der Waals surface area contributed by atoms with E-state index in [1.54, 1.807) is 17.0 Å². The van der Waals surface area contributed by atoms with Gasteiger partial charge in [0, 0.05) is 30.9 Å². The highest BCUT2D eigenvalue weighted by molar-refractivity contribution is 5.73. The fourth-order valence-electron chi connectivity index (χ4n) is 3.23. The molecule has 0 unspecified atom stereocenters. The number of aldehydes is 1. The Morgan fingerprint density at radius 2 is 1.86 bits per heavy atom. The van der Waals surface area contributed by atoms with Gasteiger partial charge in [-0.25, -0.2) is 4.79 Å². The third-order valence-corrected chi connectivity index (χ3v) is 4.77. The predicted octanol–water partition coefficient (Wildman–Crippen LogP) is 4.82. The van der Waals surface area contributed by atoms with Gasteiger partial charge in [-0.2, -0.15) is 0 Å². The number of nitrogens with one attached hydrogen (secondary N) is 1. The van der Waals surface area contributed by atoms with Gasteiger partial charge in [-0.3, -0.25) is 4.79 Å². The summed E-state index contributed by atoms with van der Waals surface area (Å²) in [6.45, 7) is 8.01. The van der Waals surface area contributed by atoms with Crippen molar-refractivity contribution in [3.8, 4) is 11.3 Å². The van der Waals surface area contributed by atoms with Gasteiger partial charge in [-0.1, -0.05) is 0 Å². The number of piperidine rings is 1. The first-order valence-corrected chi connectivity index (χ1v) is 9.71. The van der Waals surface area contributed by atoms with Crippen molar-refractivity contribution in [1.82, 2.24) is 4.90 Å². The molecule has 1 aliphatic heterocycles. The molecule has 1 saturated heterocycles. The molecule has 1 N–H and O–H groups in total. The number of amides is 1. The van der Waals surface area contributed by atoms with Gasteiger partial charge in [-0.05, 0) is 75.9 Å². The van der Waals surface area contributed by atoms with Crippen molar-refractivity contribution in [2.24, 2.45) is 5.92 Å². The van der Waals surface area contributed by atoms with Crippen LogP contribution in [-0.4, -0.2) is 42.5 Å². The summed E-state index contributed by atoms with van der Waals surface area (Å²) in [5.41, 5.74) is 1.52. The molecule has 6 heteroatoms. The molecule has 3 rings (SSSR count). The number of anilines is 1. The van der Waals surface area contributed by atoms with Crippen molar-refractivity contribution in [3.63, 3.8) is 0 Å². The first-order chi connectivity index (χ1) is 13.3. The lowest BCUT2D eigenvalue weighted by Crippen LogP contribution is -2.42. The molecular weight excluding hydrogens is 356 g/mol. The van der Waals surface area contributed by atoms with Crippen LogP contribution >= 0.6 is 0 Å². The number of furan rings is 1. The fourth-order valence-corrected chi connectivity index (χ4v) is 3.23. The van der Waals surface area contributed by atoms with Gasteiger partial charge < -0.3 is 19.4 Å². The molecule has 0 spiro atoms. The van der Waals surface area contributed by atoms with Gasteiger partial charge in [0.05, 0.1) is 0 Å². The highest BCUT2D eigenvalue weighted by atomic mass is 16.6. The van der Waals surface area contributed by atoms with Crippen LogP contribution in [0.4, 0.5) is 10.5 Å². The molecule has 0 atom stereocenters. The Labute approximate surface area is 165 Å². The van der Waals surface area contributed by atoms with Gasteiger partial charge in [0.1, 0.15) is 11.4 Å². The van der Waals surface area contributed by atoms with E-state index in [0.717, 1.165) is 43.7 Å². The number of nitrogens with zero attached hydrogens (tertiary/aromatic N) is 1. The maximum absolute atomic E-state index is 12.1. The summed E-state index contributed by atoms with van der Waals surface area (Å²) in [6.07, 6.45) is 2.41. The van der Waals surface area contributed by atoms with E-state index in [1.807, 2.05) is 45.0 Å². The molecule has 1 aromatic heterocycles. The first-order valence-electron chi connectivity index (χ1n) is 9.71. The zero-order valence-electron chi connectivity index (χ0n) is 16.7. The molecule has 150 valence electrons. The van der Waals surface area contributed by atoms with E-state index in [4.69, 9.17) is 9.15 Å². The maximum atomic E-state index is 12.1. The van der Waals surface area contributed by atoms with Crippen LogP contribution in [0.5, 0.6) is 0 Å². The summed E-state index contributed by atoms with van der Waals surface area (Å²) in [7, 11) is 0. The fraction of sp³-hybridized carbons (Fsp3) is 0.455. The topological polar surface area (TPSA) is 71.8 Å². The number of ether oxygens (including phenoxy) is 1. The van der Waals surface area contributed by atoms with Gasteiger partial charge in [0.15, 0.2) is 12.0 Å². The Morgan fingerprint density at radius 1 is 1.18 bits per heavy atom. The van der Waals surface area contributed by atoms with E-state index in [2.05, 4.69) is 5.32 Å². The van der Waals surface area contributed by atoms with Gasteiger partial charge in [-0.15, -0.1) is 0 Å². The minimum absolute atomic E-state index is 0.217. The number of hydrogen-bond donors (Lipinski definition) is 1. The highest BCUT2D eigenvalue weighted by Crippen LogP contribution is 2.24. The maximum Gasteiger partial charge on any atom is 0.410 e. The van der Waals surface area contributed by atoms with E-state index in [1.165, 1.54) is 0 Å². The molecule has 1 aromatic carbocycles. The van der Waals surface area contributed by atoms with Crippen LogP contribution < -0.4 is 5.32 Å². The lowest BCUT2D eigenvalue weighted by molar-refractivity contribution is 0.0188. The van der Waals surface area contributed by atoms with Crippen LogP contribution in [0.1, 0.15) is 44.2 Å².